The van der Waals surface area contributed by atoms with Gasteiger partial charge in [0.05, 0.1) is 6.04 Å². The predicted molar refractivity (Wildman–Crippen MR) is 73.8 cm³/mol. The summed E-state index contributed by atoms with van der Waals surface area (Å²) < 4.78 is 26.1. The molecule has 17 heavy (non-hydrogen) atoms. The maximum Gasteiger partial charge on any atom is 0.258 e. The van der Waals surface area contributed by atoms with Crippen molar-refractivity contribution in [2.75, 3.05) is 6.66 Å². The molecule has 0 radical (unpaired) electrons. The molecule has 0 aliphatic rings. The second-order valence-electron chi connectivity index (χ2n) is 3.60. The Morgan fingerprint density at radius 1 is 1.53 bits per heavy atom. The lowest BCUT2D eigenvalue weighted by molar-refractivity contribution is 0.109. The van der Waals surface area contributed by atoms with E-state index in [1.54, 1.807) is 18.2 Å². The highest BCUT2D eigenvalue weighted by Crippen LogP contribution is 2.40. The normalized spacial score (nSPS) is 15.0. The second kappa shape index (κ2) is 6.92. The average Bonchev–Trinajstić information content (AvgIpc) is 2.25. The molecule has 0 spiro atoms. The molecule has 96 valence electrons. The molecule has 0 fully saturated rings. The number of hydrogen-bond donors (Lipinski definition) is 2. The van der Waals surface area contributed by atoms with Crippen LogP contribution in [0.3, 0.4) is 0 Å². The fourth-order valence-electron chi connectivity index (χ4n) is 1.54. The van der Waals surface area contributed by atoms with Crippen LogP contribution < -0.4 is 10.8 Å². The first-order valence-electron chi connectivity index (χ1n) is 4.96. The van der Waals surface area contributed by atoms with Crippen LogP contribution in [0.5, 0.6) is 0 Å². The highest BCUT2D eigenvalue weighted by atomic mass is 35.5. The Balaban J connectivity index is 3.08. The molecule has 2 nitrogen and oxygen atoms in total. The van der Waals surface area contributed by atoms with Gasteiger partial charge in [0, 0.05) is 11.6 Å². The van der Waals surface area contributed by atoms with Gasteiger partial charge in [-0.05, 0) is 37.7 Å². The first kappa shape index (κ1) is 15.2. The Kier molecular flexibility index (Phi) is 6.19. The predicted octanol–water partition coefficient (Wildman–Crippen LogP) is 3.51. The number of alkyl halides is 2. The Bertz CT molecular complexity index is 377. The standard InChI is InChI=1S/C10H15ClF2N2P2/c1-17(16)15-9(10(12)13)8-3-2-7(11)4-6(8)5-14/h2-4,9-10,15H,5,14,16H2,1H3. The zero-order valence-electron chi connectivity index (χ0n) is 9.33. The molecular formula is C10H15ClF2N2P2. The summed E-state index contributed by atoms with van der Waals surface area (Å²) in [5.41, 5.74) is 6.72. The van der Waals surface area contributed by atoms with Crippen molar-refractivity contribution in [3.8, 4) is 0 Å². The van der Waals surface area contributed by atoms with E-state index >= 15 is 0 Å². The molecule has 0 amide bonds. The van der Waals surface area contributed by atoms with Gasteiger partial charge in [0.15, 0.2) is 0 Å². The van der Waals surface area contributed by atoms with Crippen molar-refractivity contribution < 1.29 is 8.78 Å². The fourth-order valence-corrected chi connectivity index (χ4v) is 2.90. The monoisotopic (exact) mass is 298 g/mol. The number of hydrogen-bond acceptors (Lipinski definition) is 2. The minimum atomic E-state index is -2.48. The lowest BCUT2D eigenvalue weighted by Gasteiger charge is -2.23. The highest BCUT2D eigenvalue weighted by molar-refractivity contribution is 8.12. The van der Waals surface area contributed by atoms with Crippen molar-refractivity contribution in [2.45, 2.75) is 19.0 Å². The van der Waals surface area contributed by atoms with E-state index in [0.717, 1.165) is 0 Å². The van der Waals surface area contributed by atoms with E-state index in [0.29, 0.717) is 16.1 Å². The smallest absolute Gasteiger partial charge is 0.258 e. The van der Waals surface area contributed by atoms with Gasteiger partial charge in [-0.3, -0.25) is 5.09 Å². The highest BCUT2D eigenvalue weighted by Gasteiger charge is 2.25. The van der Waals surface area contributed by atoms with Gasteiger partial charge >= 0.3 is 0 Å². The minimum absolute atomic E-state index is 0.194. The average molecular weight is 299 g/mol. The number of nitrogens with one attached hydrogen (secondary N) is 1. The van der Waals surface area contributed by atoms with Gasteiger partial charge in [0.2, 0.25) is 0 Å². The lowest BCUT2D eigenvalue weighted by Crippen LogP contribution is -2.24. The molecule has 0 aliphatic heterocycles. The van der Waals surface area contributed by atoms with E-state index in [2.05, 4.69) is 14.0 Å². The van der Waals surface area contributed by atoms with Crippen molar-refractivity contribution in [3.63, 3.8) is 0 Å². The van der Waals surface area contributed by atoms with E-state index in [-0.39, 0.29) is 6.54 Å². The molecule has 0 aromatic heterocycles. The van der Waals surface area contributed by atoms with Crippen LogP contribution in [-0.4, -0.2) is 13.1 Å². The SMILES string of the molecule is CP(P)NC(c1ccc(Cl)cc1CN)C(F)F. The molecule has 1 aromatic carbocycles. The van der Waals surface area contributed by atoms with Crippen molar-refractivity contribution in [1.29, 1.82) is 0 Å². The van der Waals surface area contributed by atoms with E-state index in [1.165, 1.54) is 0 Å². The molecule has 0 heterocycles. The molecule has 3 N–H and O–H groups in total. The third-order valence-electron chi connectivity index (χ3n) is 2.25. The summed E-state index contributed by atoms with van der Waals surface area (Å²) in [4.78, 5) is 0. The maximum absolute atomic E-state index is 13.0. The molecule has 0 saturated carbocycles. The number of halogens is 3. The molecule has 7 heteroatoms. The van der Waals surface area contributed by atoms with E-state index in [9.17, 15) is 8.78 Å². The molecule has 0 saturated heterocycles. The van der Waals surface area contributed by atoms with Crippen LogP contribution in [0.15, 0.2) is 18.2 Å². The zero-order valence-corrected chi connectivity index (χ0v) is 12.1. The summed E-state index contributed by atoms with van der Waals surface area (Å²) in [6.45, 7) is 2.05. The number of rotatable bonds is 5. The van der Waals surface area contributed by atoms with Crippen molar-refractivity contribution in [1.82, 2.24) is 5.09 Å². The first-order chi connectivity index (χ1) is 7.95. The second-order valence-corrected chi connectivity index (χ2v) is 7.84. The van der Waals surface area contributed by atoms with Gasteiger partial charge in [-0.2, -0.15) is 0 Å². The summed E-state index contributed by atoms with van der Waals surface area (Å²) >= 11 is 5.82. The van der Waals surface area contributed by atoms with Crippen LogP contribution in [0.2, 0.25) is 5.02 Å². The quantitative estimate of drug-likeness (QED) is 0.816. The Labute approximate surface area is 108 Å². The van der Waals surface area contributed by atoms with Gasteiger partial charge in [-0.1, -0.05) is 26.6 Å². The summed E-state index contributed by atoms with van der Waals surface area (Å²) in [5, 5.41) is 3.38. The molecule has 3 unspecified atom stereocenters. The number of nitrogens with two attached hydrogens (primary N) is 1. The van der Waals surface area contributed by atoms with E-state index in [4.69, 9.17) is 17.3 Å². The summed E-state index contributed by atoms with van der Waals surface area (Å²) in [6.07, 6.45) is -2.48. The van der Waals surface area contributed by atoms with Crippen LogP contribution >= 0.6 is 28.3 Å². The van der Waals surface area contributed by atoms with Crippen LogP contribution in [0.1, 0.15) is 17.2 Å². The van der Waals surface area contributed by atoms with Crippen molar-refractivity contribution in [2.24, 2.45) is 5.73 Å². The third kappa shape index (κ3) is 4.39. The molecule has 0 aliphatic carbocycles. The lowest BCUT2D eigenvalue weighted by atomic mass is 10.0. The van der Waals surface area contributed by atoms with Crippen LogP contribution in [0, 0.1) is 0 Å². The van der Waals surface area contributed by atoms with Crippen LogP contribution in [0.4, 0.5) is 8.78 Å². The minimum Gasteiger partial charge on any atom is -0.326 e. The van der Waals surface area contributed by atoms with Gasteiger partial charge in [-0.15, -0.1) is 0 Å². The molecule has 1 rings (SSSR count). The van der Waals surface area contributed by atoms with Crippen molar-refractivity contribution >= 4 is 28.3 Å². The maximum atomic E-state index is 13.0. The summed E-state index contributed by atoms with van der Waals surface area (Å²) in [5.74, 6) is 0. The Morgan fingerprint density at radius 2 is 2.18 bits per heavy atom. The molecule has 1 aromatic rings. The fraction of sp³-hybridized carbons (Fsp3) is 0.400. The first-order valence-corrected chi connectivity index (χ1v) is 8.75. The van der Waals surface area contributed by atoms with E-state index < -0.39 is 20.2 Å². The topological polar surface area (TPSA) is 38.0 Å². The van der Waals surface area contributed by atoms with Crippen LogP contribution in [-0.2, 0) is 6.54 Å². The Hall–Kier alpha value is 0.150. The summed E-state index contributed by atoms with van der Waals surface area (Å²) in [6, 6.07) is 3.85. The van der Waals surface area contributed by atoms with Gasteiger partial charge in [0.25, 0.3) is 6.43 Å². The molecule has 0 bridgehead atoms. The molecular weight excluding hydrogens is 284 g/mol. The van der Waals surface area contributed by atoms with Gasteiger partial charge in [-0.25, -0.2) is 8.78 Å². The molecule has 3 atom stereocenters. The van der Waals surface area contributed by atoms with Gasteiger partial charge in [0.1, 0.15) is 0 Å². The largest absolute Gasteiger partial charge is 0.326 e. The number of benzene rings is 1. The Morgan fingerprint density at radius 3 is 2.65 bits per heavy atom. The summed E-state index contributed by atoms with van der Waals surface area (Å²) in [7, 11) is 1.79. The third-order valence-corrected chi connectivity index (χ3v) is 3.62. The van der Waals surface area contributed by atoms with Gasteiger partial charge < -0.3 is 5.73 Å². The van der Waals surface area contributed by atoms with Crippen molar-refractivity contribution in [3.05, 3.63) is 34.3 Å². The van der Waals surface area contributed by atoms with E-state index in [1.807, 2.05) is 6.66 Å². The van der Waals surface area contributed by atoms with Crippen LogP contribution in [0.25, 0.3) is 0 Å². The zero-order chi connectivity index (χ0) is 13.0.